The highest BCUT2D eigenvalue weighted by atomic mass is 32.1. The second kappa shape index (κ2) is 5.75. The maximum absolute atomic E-state index is 12.4. The summed E-state index contributed by atoms with van der Waals surface area (Å²) in [4.78, 5) is 14.8. The lowest BCUT2D eigenvalue weighted by Gasteiger charge is -2.20. The summed E-state index contributed by atoms with van der Waals surface area (Å²) in [5, 5.41) is 8.83. The van der Waals surface area contributed by atoms with E-state index in [9.17, 15) is 13.6 Å². The predicted molar refractivity (Wildman–Crippen MR) is 65.3 cm³/mol. The first-order valence-corrected chi connectivity index (χ1v) is 6.73. The molecular formula is C12H15F2NO2S. The van der Waals surface area contributed by atoms with Crippen LogP contribution < -0.4 is 0 Å². The van der Waals surface area contributed by atoms with E-state index in [2.05, 4.69) is 0 Å². The van der Waals surface area contributed by atoms with Gasteiger partial charge in [0, 0.05) is 11.4 Å². The molecule has 3 nitrogen and oxygen atoms in total. The second-order valence-electron chi connectivity index (χ2n) is 4.28. The van der Waals surface area contributed by atoms with Crippen LogP contribution in [0.4, 0.5) is 8.78 Å². The molecule has 1 N–H and O–H groups in total. The van der Waals surface area contributed by atoms with Gasteiger partial charge in [-0.2, -0.15) is 0 Å². The zero-order valence-corrected chi connectivity index (χ0v) is 10.7. The summed E-state index contributed by atoms with van der Waals surface area (Å²) in [5.41, 5.74) is 1.17. The Morgan fingerprint density at radius 1 is 1.50 bits per heavy atom. The van der Waals surface area contributed by atoms with Gasteiger partial charge in [-0.1, -0.05) is 0 Å². The van der Waals surface area contributed by atoms with E-state index < -0.39 is 18.9 Å². The molecule has 0 saturated carbocycles. The van der Waals surface area contributed by atoms with Crippen LogP contribution in [0.3, 0.4) is 0 Å². The molecule has 1 aromatic heterocycles. The van der Waals surface area contributed by atoms with Crippen molar-refractivity contribution in [3.63, 3.8) is 0 Å². The van der Waals surface area contributed by atoms with Gasteiger partial charge >= 0.3 is 0 Å². The average molecular weight is 275 g/mol. The summed E-state index contributed by atoms with van der Waals surface area (Å²) in [7, 11) is 0. The minimum atomic E-state index is -2.58. The van der Waals surface area contributed by atoms with E-state index in [0.717, 1.165) is 24.2 Å². The molecule has 0 unspecified atom stereocenters. The Morgan fingerprint density at radius 2 is 2.28 bits per heavy atom. The van der Waals surface area contributed by atoms with Crippen molar-refractivity contribution in [2.45, 2.75) is 25.7 Å². The van der Waals surface area contributed by atoms with Crippen LogP contribution in [0.2, 0.25) is 0 Å². The van der Waals surface area contributed by atoms with Crippen molar-refractivity contribution < 1.29 is 18.7 Å². The molecule has 0 aliphatic heterocycles. The van der Waals surface area contributed by atoms with Gasteiger partial charge in [-0.05, 0) is 30.9 Å². The number of hydrogen-bond acceptors (Lipinski definition) is 3. The Bertz CT molecular complexity index is 412. The number of alkyl halides is 2. The summed E-state index contributed by atoms with van der Waals surface area (Å²) in [5.74, 6) is -0.399. The van der Waals surface area contributed by atoms with Crippen LogP contribution in [0.5, 0.6) is 0 Å². The number of aliphatic hydroxyl groups is 1. The molecule has 1 amide bonds. The number of amides is 1. The first kappa shape index (κ1) is 13.4. The number of carbonyl (C=O) groups excluding carboxylic acids is 1. The van der Waals surface area contributed by atoms with Crippen molar-refractivity contribution in [2.75, 3.05) is 19.7 Å². The van der Waals surface area contributed by atoms with Gasteiger partial charge < -0.3 is 10.0 Å². The largest absolute Gasteiger partial charge is 0.395 e. The number of rotatable bonds is 5. The number of hydrogen-bond donors (Lipinski definition) is 1. The zero-order valence-electron chi connectivity index (χ0n) is 9.86. The Hall–Kier alpha value is -1.01. The standard InChI is InChI=1S/C12H15F2NO2S/c13-11(14)7-15(4-5-16)12(17)10-6-8-2-1-3-9(8)18-10/h6,11,16H,1-5,7H2. The smallest absolute Gasteiger partial charge is 0.264 e. The number of halogens is 2. The lowest BCUT2D eigenvalue weighted by atomic mass is 10.2. The van der Waals surface area contributed by atoms with Crippen molar-refractivity contribution in [3.05, 3.63) is 21.4 Å². The average Bonchev–Trinajstić information content (AvgIpc) is 2.86. The number of nitrogens with zero attached hydrogens (tertiary/aromatic N) is 1. The molecule has 18 heavy (non-hydrogen) atoms. The number of aliphatic hydroxyl groups excluding tert-OH is 1. The van der Waals surface area contributed by atoms with Crippen LogP contribution in [0.1, 0.15) is 26.5 Å². The van der Waals surface area contributed by atoms with Crippen LogP contribution in [0.25, 0.3) is 0 Å². The molecule has 0 saturated heterocycles. The van der Waals surface area contributed by atoms with Crippen molar-refractivity contribution in [1.82, 2.24) is 4.90 Å². The molecule has 0 bridgehead atoms. The molecular weight excluding hydrogens is 260 g/mol. The quantitative estimate of drug-likeness (QED) is 0.892. The van der Waals surface area contributed by atoms with Crippen molar-refractivity contribution in [3.8, 4) is 0 Å². The highest BCUT2D eigenvalue weighted by Gasteiger charge is 2.23. The Balaban J connectivity index is 2.11. The number of carbonyl (C=O) groups is 1. The van der Waals surface area contributed by atoms with E-state index >= 15 is 0 Å². The van der Waals surface area contributed by atoms with Crippen molar-refractivity contribution >= 4 is 17.2 Å². The van der Waals surface area contributed by atoms with E-state index in [1.165, 1.54) is 21.8 Å². The summed E-state index contributed by atoms with van der Waals surface area (Å²) in [6.45, 7) is -0.975. The molecule has 0 spiro atoms. The van der Waals surface area contributed by atoms with Gasteiger partial charge in [0.25, 0.3) is 12.3 Å². The predicted octanol–water partition coefficient (Wildman–Crippen LogP) is 1.94. The third-order valence-corrected chi connectivity index (χ3v) is 4.20. The second-order valence-corrected chi connectivity index (χ2v) is 5.42. The minimum absolute atomic E-state index is 0.0499. The van der Waals surface area contributed by atoms with Crippen LogP contribution in [0.15, 0.2) is 6.07 Å². The Kier molecular flexibility index (Phi) is 4.29. The first-order chi connectivity index (χ1) is 8.61. The number of aryl methyl sites for hydroxylation is 2. The van der Waals surface area contributed by atoms with Crippen LogP contribution in [-0.2, 0) is 12.8 Å². The van der Waals surface area contributed by atoms with Gasteiger partial charge in [0.1, 0.15) is 0 Å². The molecule has 1 aliphatic carbocycles. The molecule has 6 heteroatoms. The first-order valence-electron chi connectivity index (χ1n) is 5.91. The maximum Gasteiger partial charge on any atom is 0.264 e. The SMILES string of the molecule is O=C(c1cc2c(s1)CCC2)N(CCO)CC(F)F. The van der Waals surface area contributed by atoms with Crippen LogP contribution >= 0.6 is 11.3 Å². The van der Waals surface area contributed by atoms with Gasteiger partial charge in [-0.3, -0.25) is 4.79 Å². The van der Waals surface area contributed by atoms with E-state index in [4.69, 9.17) is 5.11 Å². The highest BCUT2D eigenvalue weighted by Crippen LogP contribution is 2.31. The molecule has 100 valence electrons. The molecule has 1 heterocycles. The van der Waals surface area contributed by atoms with Crippen LogP contribution in [0, 0.1) is 0 Å². The summed E-state index contributed by atoms with van der Waals surface area (Å²) in [6, 6.07) is 1.81. The maximum atomic E-state index is 12.4. The zero-order chi connectivity index (χ0) is 13.1. The fourth-order valence-electron chi connectivity index (χ4n) is 2.15. The molecule has 0 aromatic carbocycles. The van der Waals surface area contributed by atoms with Gasteiger partial charge in [-0.25, -0.2) is 8.78 Å². The summed E-state index contributed by atoms with van der Waals surface area (Å²) >= 11 is 1.39. The van der Waals surface area contributed by atoms with Gasteiger partial charge in [0.05, 0.1) is 18.0 Å². The summed E-state index contributed by atoms with van der Waals surface area (Å²) in [6.07, 6.45) is 0.468. The molecule has 0 fully saturated rings. The van der Waals surface area contributed by atoms with E-state index in [0.29, 0.717) is 4.88 Å². The number of fused-ring (bicyclic) bond motifs is 1. The topological polar surface area (TPSA) is 40.5 Å². The fourth-order valence-corrected chi connectivity index (χ4v) is 3.37. The number of thiophene rings is 1. The molecule has 1 aromatic rings. The fraction of sp³-hybridized carbons (Fsp3) is 0.583. The van der Waals surface area contributed by atoms with Gasteiger partial charge in [0.15, 0.2) is 0 Å². The molecule has 0 radical (unpaired) electrons. The van der Waals surface area contributed by atoms with Crippen molar-refractivity contribution in [1.29, 1.82) is 0 Å². The van der Waals surface area contributed by atoms with E-state index in [1.54, 1.807) is 0 Å². The lowest BCUT2D eigenvalue weighted by molar-refractivity contribution is 0.0513. The van der Waals surface area contributed by atoms with Crippen molar-refractivity contribution in [2.24, 2.45) is 0 Å². The Morgan fingerprint density at radius 3 is 2.89 bits per heavy atom. The van der Waals surface area contributed by atoms with Gasteiger partial charge in [0.2, 0.25) is 0 Å². The molecule has 2 rings (SSSR count). The van der Waals surface area contributed by atoms with Gasteiger partial charge in [-0.15, -0.1) is 11.3 Å². The minimum Gasteiger partial charge on any atom is -0.395 e. The molecule has 1 aliphatic rings. The van der Waals surface area contributed by atoms with E-state index in [-0.39, 0.29) is 13.2 Å². The monoisotopic (exact) mass is 275 g/mol. The third kappa shape index (κ3) is 2.87. The molecule has 0 atom stereocenters. The van der Waals surface area contributed by atoms with E-state index in [1.807, 2.05) is 6.07 Å². The lowest BCUT2D eigenvalue weighted by Crippen LogP contribution is -2.36. The Labute approximate surface area is 108 Å². The van der Waals surface area contributed by atoms with Crippen LogP contribution in [-0.4, -0.2) is 42.0 Å². The summed E-state index contributed by atoms with van der Waals surface area (Å²) < 4.78 is 24.7. The third-order valence-electron chi connectivity index (χ3n) is 2.97. The normalized spacial score (nSPS) is 14.0. The highest BCUT2D eigenvalue weighted by molar-refractivity contribution is 7.14.